The fourth-order valence-corrected chi connectivity index (χ4v) is 5.19. The zero-order valence-corrected chi connectivity index (χ0v) is 20.4. The van der Waals surface area contributed by atoms with Gasteiger partial charge in [0.1, 0.15) is 5.75 Å². The summed E-state index contributed by atoms with van der Waals surface area (Å²) in [6.07, 6.45) is 3.59. The Kier molecular flexibility index (Phi) is 5.98. The number of benzene rings is 1. The lowest BCUT2D eigenvalue weighted by Gasteiger charge is -2.28. The molecular weight excluding hydrogens is 466 g/mol. The molecule has 34 heavy (non-hydrogen) atoms. The maximum Gasteiger partial charge on any atom is 0.170 e. The van der Waals surface area contributed by atoms with E-state index in [1.807, 2.05) is 47.9 Å². The van der Waals surface area contributed by atoms with Crippen molar-refractivity contribution in [2.75, 3.05) is 0 Å². The highest BCUT2D eigenvalue weighted by atomic mass is 35.5. The smallest absolute Gasteiger partial charge is 0.170 e. The van der Waals surface area contributed by atoms with E-state index < -0.39 is 0 Å². The standard InChI is InChI=1S/C26H24ClN5OS/c1-16-13-20(17(2)32(16)22-14-18(27)9-10-23(22)33)25-24(21-8-4-6-12-29-21)30-26(34)31(25)15-19-7-3-5-11-28-19/h3-14,24-25,33H,15H2,1-2H3,(H,30,34). The number of nitrogens with zero attached hydrogens (tertiary/aromatic N) is 4. The summed E-state index contributed by atoms with van der Waals surface area (Å²) >= 11 is 12.1. The lowest BCUT2D eigenvalue weighted by molar-refractivity contribution is 0.307. The van der Waals surface area contributed by atoms with Gasteiger partial charge in [-0.05, 0) is 80.2 Å². The molecule has 0 radical (unpaired) electrons. The lowest BCUT2D eigenvalue weighted by atomic mass is 9.96. The molecule has 1 saturated heterocycles. The van der Waals surface area contributed by atoms with Crippen molar-refractivity contribution >= 4 is 28.9 Å². The lowest BCUT2D eigenvalue weighted by Crippen LogP contribution is -2.29. The molecule has 0 bridgehead atoms. The van der Waals surface area contributed by atoms with Crippen LogP contribution in [0.5, 0.6) is 5.75 Å². The first kappa shape index (κ1) is 22.4. The van der Waals surface area contributed by atoms with E-state index in [9.17, 15) is 5.11 Å². The second kappa shape index (κ2) is 9.08. The van der Waals surface area contributed by atoms with Crippen LogP contribution in [0.2, 0.25) is 5.02 Å². The van der Waals surface area contributed by atoms with E-state index in [1.54, 1.807) is 30.6 Å². The van der Waals surface area contributed by atoms with Crippen LogP contribution in [0, 0.1) is 13.8 Å². The minimum absolute atomic E-state index is 0.120. The number of aryl methyl sites for hydroxylation is 1. The van der Waals surface area contributed by atoms with Crippen LogP contribution in [0.15, 0.2) is 73.1 Å². The van der Waals surface area contributed by atoms with Gasteiger partial charge >= 0.3 is 0 Å². The molecule has 1 aromatic carbocycles. The SMILES string of the molecule is Cc1cc(C2C(c3ccccn3)NC(=S)N2Cc2ccccn2)c(C)n1-c1cc(Cl)ccc1O. The van der Waals surface area contributed by atoms with Gasteiger partial charge in [0, 0.05) is 28.8 Å². The highest BCUT2D eigenvalue weighted by Gasteiger charge is 2.41. The number of phenols is 1. The molecular formula is C26H24ClN5OS. The van der Waals surface area contributed by atoms with Crippen LogP contribution in [0.3, 0.4) is 0 Å². The Labute approximate surface area is 208 Å². The first-order chi connectivity index (χ1) is 16.4. The first-order valence-electron chi connectivity index (χ1n) is 11.0. The average Bonchev–Trinajstić information content (AvgIpc) is 3.31. The predicted octanol–water partition coefficient (Wildman–Crippen LogP) is 5.42. The number of rotatable bonds is 5. The number of nitrogens with one attached hydrogen (secondary N) is 1. The Morgan fingerprint density at radius 3 is 2.50 bits per heavy atom. The molecule has 0 aliphatic carbocycles. The van der Waals surface area contributed by atoms with Crippen LogP contribution in [-0.4, -0.2) is 29.7 Å². The van der Waals surface area contributed by atoms with Gasteiger partial charge in [0.05, 0.1) is 35.7 Å². The Balaban J connectivity index is 1.64. The summed E-state index contributed by atoms with van der Waals surface area (Å²) in [5.41, 5.74) is 5.57. The Morgan fingerprint density at radius 1 is 1.03 bits per heavy atom. The number of halogens is 1. The molecule has 1 aliphatic heterocycles. The van der Waals surface area contributed by atoms with Crippen molar-refractivity contribution in [3.63, 3.8) is 0 Å². The van der Waals surface area contributed by atoms with Gasteiger partial charge in [0.2, 0.25) is 0 Å². The Bertz CT molecular complexity index is 1340. The number of hydrogen-bond acceptors (Lipinski definition) is 4. The zero-order valence-electron chi connectivity index (χ0n) is 18.8. The van der Waals surface area contributed by atoms with E-state index in [0.29, 0.717) is 22.4 Å². The van der Waals surface area contributed by atoms with Crippen LogP contribution in [0.4, 0.5) is 0 Å². The van der Waals surface area contributed by atoms with Gasteiger partial charge in [-0.25, -0.2) is 0 Å². The summed E-state index contributed by atoms with van der Waals surface area (Å²) in [4.78, 5) is 11.3. The number of aromatic hydroxyl groups is 1. The fraction of sp³-hybridized carbons (Fsp3) is 0.192. The monoisotopic (exact) mass is 489 g/mol. The van der Waals surface area contributed by atoms with Crippen molar-refractivity contribution in [2.45, 2.75) is 32.5 Å². The Morgan fingerprint density at radius 2 is 1.79 bits per heavy atom. The number of pyridine rings is 2. The van der Waals surface area contributed by atoms with Crippen molar-refractivity contribution in [3.8, 4) is 11.4 Å². The van der Waals surface area contributed by atoms with E-state index in [-0.39, 0.29) is 17.8 Å². The third-order valence-corrected chi connectivity index (χ3v) is 6.81. The highest BCUT2D eigenvalue weighted by molar-refractivity contribution is 7.80. The molecule has 1 fully saturated rings. The van der Waals surface area contributed by atoms with Crippen LogP contribution in [0.25, 0.3) is 5.69 Å². The number of phenolic OH excluding ortho intramolecular Hbond substituents is 1. The molecule has 3 aromatic heterocycles. The van der Waals surface area contributed by atoms with E-state index >= 15 is 0 Å². The molecule has 0 amide bonds. The molecule has 2 N–H and O–H groups in total. The average molecular weight is 490 g/mol. The minimum Gasteiger partial charge on any atom is -0.506 e. The quantitative estimate of drug-likeness (QED) is 0.365. The molecule has 5 rings (SSSR count). The number of aromatic nitrogens is 3. The molecule has 0 spiro atoms. The number of hydrogen-bond donors (Lipinski definition) is 2. The first-order valence-corrected chi connectivity index (χ1v) is 11.8. The van der Waals surface area contributed by atoms with Crippen LogP contribution in [0.1, 0.15) is 40.4 Å². The molecule has 4 heterocycles. The van der Waals surface area contributed by atoms with Crippen molar-refractivity contribution in [3.05, 3.63) is 106 Å². The van der Waals surface area contributed by atoms with Crippen molar-refractivity contribution in [1.82, 2.24) is 24.8 Å². The molecule has 2 unspecified atom stereocenters. The van der Waals surface area contributed by atoms with Gasteiger partial charge in [-0.3, -0.25) is 9.97 Å². The van der Waals surface area contributed by atoms with Gasteiger partial charge in [0.15, 0.2) is 5.11 Å². The molecule has 1 aliphatic rings. The summed E-state index contributed by atoms with van der Waals surface area (Å²) < 4.78 is 2.03. The predicted molar refractivity (Wildman–Crippen MR) is 137 cm³/mol. The largest absolute Gasteiger partial charge is 0.506 e. The van der Waals surface area contributed by atoms with Crippen molar-refractivity contribution in [2.24, 2.45) is 0 Å². The van der Waals surface area contributed by atoms with Gasteiger partial charge in [-0.15, -0.1) is 0 Å². The molecule has 4 aromatic rings. The molecule has 2 atom stereocenters. The third kappa shape index (κ3) is 4.02. The maximum atomic E-state index is 10.6. The molecule has 6 nitrogen and oxygen atoms in total. The number of thiocarbonyl (C=S) groups is 1. The third-order valence-electron chi connectivity index (χ3n) is 6.22. The zero-order chi connectivity index (χ0) is 23.8. The van der Waals surface area contributed by atoms with Crippen LogP contribution < -0.4 is 5.32 Å². The Hall–Kier alpha value is -3.42. The summed E-state index contributed by atoms with van der Waals surface area (Å²) in [5, 5.41) is 15.3. The molecule has 8 heteroatoms. The van der Waals surface area contributed by atoms with E-state index in [4.69, 9.17) is 23.8 Å². The van der Waals surface area contributed by atoms with Crippen LogP contribution >= 0.6 is 23.8 Å². The van der Waals surface area contributed by atoms with Crippen LogP contribution in [-0.2, 0) is 6.54 Å². The van der Waals surface area contributed by atoms with E-state index in [0.717, 1.165) is 28.3 Å². The second-order valence-electron chi connectivity index (χ2n) is 8.37. The van der Waals surface area contributed by atoms with Gasteiger partial charge < -0.3 is 19.9 Å². The highest BCUT2D eigenvalue weighted by Crippen LogP contribution is 2.42. The molecule has 0 saturated carbocycles. The summed E-state index contributed by atoms with van der Waals surface area (Å²) in [7, 11) is 0. The second-order valence-corrected chi connectivity index (χ2v) is 9.19. The fourth-order valence-electron chi connectivity index (χ4n) is 4.71. The van der Waals surface area contributed by atoms with E-state index in [2.05, 4.69) is 33.2 Å². The van der Waals surface area contributed by atoms with E-state index in [1.165, 1.54) is 0 Å². The summed E-state index contributed by atoms with van der Waals surface area (Å²) in [6, 6.07) is 18.8. The topological polar surface area (TPSA) is 66.2 Å². The maximum absolute atomic E-state index is 10.6. The van der Waals surface area contributed by atoms with Gasteiger partial charge in [-0.2, -0.15) is 0 Å². The van der Waals surface area contributed by atoms with Gasteiger partial charge in [0.25, 0.3) is 0 Å². The van der Waals surface area contributed by atoms with Crippen molar-refractivity contribution < 1.29 is 5.11 Å². The summed E-state index contributed by atoms with van der Waals surface area (Å²) in [6.45, 7) is 4.64. The van der Waals surface area contributed by atoms with Gasteiger partial charge in [-0.1, -0.05) is 23.7 Å². The van der Waals surface area contributed by atoms with Crippen molar-refractivity contribution in [1.29, 1.82) is 0 Å². The minimum atomic E-state index is -0.140. The molecule has 172 valence electrons. The normalized spacial score (nSPS) is 17.7. The summed E-state index contributed by atoms with van der Waals surface area (Å²) in [5.74, 6) is 0.171.